The topological polar surface area (TPSA) is 45.2 Å². The van der Waals surface area contributed by atoms with E-state index in [2.05, 4.69) is 10.3 Å². The SMILES string of the molecule is CCN(Cc1ccccc1)C(=O)c1cc(NCCc2ccccc2F)ccn1. The fourth-order valence-electron chi connectivity index (χ4n) is 2.99. The quantitative estimate of drug-likeness (QED) is 0.627. The van der Waals surface area contributed by atoms with Gasteiger partial charge in [0.05, 0.1) is 0 Å². The number of halogens is 1. The molecular formula is C23H24FN3O. The normalized spacial score (nSPS) is 10.5. The lowest BCUT2D eigenvalue weighted by atomic mass is 10.1. The zero-order valence-corrected chi connectivity index (χ0v) is 15.9. The first-order valence-corrected chi connectivity index (χ1v) is 9.44. The van der Waals surface area contributed by atoms with Gasteiger partial charge in [-0.25, -0.2) is 4.39 Å². The standard InChI is InChI=1S/C23H24FN3O/c1-2-27(17-18-8-4-3-5-9-18)23(28)22-16-20(13-15-26-22)25-14-12-19-10-6-7-11-21(19)24/h3-11,13,15-16H,2,12,14,17H2,1H3,(H,25,26). The van der Waals surface area contributed by atoms with Crippen LogP contribution in [0, 0.1) is 5.82 Å². The van der Waals surface area contributed by atoms with Crippen molar-refractivity contribution in [2.45, 2.75) is 19.9 Å². The van der Waals surface area contributed by atoms with Crippen molar-refractivity contribution in [3.05, 3.63) is 95.6 Å². The van der Waals surface area contributed by atoms with Crippen molar-refractivity contribution in [3.63, 3.8) is 0 Å². The molecule has 0 aliphatic rings. The summed E-state index contributed by atoms with van der Waals surface area (Å²) in [6, 6.07) is 20.2. The van der Waals surface area contributed by atoms with Crippen LogP contribution in [0.25, 0.3) is 0 Å². The summed E-state index contributed by atoms with van der Waals surface area (Å²) < 4.78 is 13.7. The van der Waals surface area contributed by atoms with Gasteiger partial charge >= 0.3 is 0 Å². The second-order valence-electron chi connectivity index (χ2n) is 6.50. The first-order chi connectivity index (χ1) is 13.7. The highest BCUT2D eigenvalue weighted by molar-refractivity contribution is 5.93. The van der Waals surface area contributed by atoms with Gasteiger partial charge in [0.25, 0.3) is 5.91 Å². The van der Waals surface area contributed by atoms with Crippen LogP contribution in [0.5, 0.6) is 0 Å². The molecule has 3 aromatic rings. The maximum Gasteiger partial charge on any atom is 0.272 e. The van der Waals surface area contributed by atoms with E-state index < -0.39 is 0 Å². The van der Waals surface area contributed by atoms with Crippen LogP contribution in [0.4, 0.5) is 10.1 Å². The molecule has 0 spiro atoms. The van der Waals surface area contributed by atoms with E-state index in [0.29, 0.717) is 37.3 Å². The van der Waals surface area contributed by atoms with Crippen LogP contribution in [-0.4, -0.2) is 28.9 Å². The van der Waals surface area contributed by atoms with Crippen LogP contribution >= 0.6 is 0 Å². The Hall–Kier alpha value is -3.21. The van der Waals surface area contributed by atoms with Gasteiger partial charge in [0.2, 0.25) is 0 Å². The molecule has 144 valence electrons. The summed E-state index contributed by atoms with van der Waals surface area (Å²) in [5.74, 6) is -0.307. The molecule has 0 aliphatic heterocycles. The number of hydrogen-bond acceptors (Lipinski definition) is 3. The predicted molar refractivity (Wildman–Crippen MR) is 110 cm³/mol. The number of carbonyl (C=O) groups excluding carboxylic acids is 1. The van der Waals surface area contributed by atoms with Gasteiger partial charge in [-0.05, 0) is 42.7 Å². The average Bonchev–Trinajstić information content (AvgIpc) is 2.74. The molecule has 1 aromatic heterocycles. The van der Waals surface area contributed by atoms with Crippen LogP contribution in [0.3, 0.4) is 0 Å². The zero-order valence-electron chi connectivity index (χ0n) is 15.9. The Bertz CT molecular complexity index is 914. The summed E-state index contributed by atoms with van der Waals surface area (Å²) >= 11 is 0. The van der Waals surface area contributed by atoms with Crippen molar-refractivity contribution in [3.8, 4) is 0 Å². The minimum atomic E-state index is -0.200. The number of carbonyl (C=O) groups is 1. The molecule has 4 nitrogen and oxygen atoms in total. The van der Waals surface area contributed by atoms with Crippen LogP contribution in [0.15, 0.2) is 72.9 Å². The number of aromatic nitrogens is 1. The molecule has 1 N–H and O–H groups in total. The molecule has 0 saturated carbocycles. The van der Waals surface area contributed by atoms with E-state index in [4.69, 9.17) is 0 Å². The van der Waals surface area contributed by atoms with Crippen LogP contribution < -0.4 is 5.32 Å². The Morgan fingerprint density at radius 2 is 1.82 bits per heavy atom. The Labute approximate surface area is 165 Å². The third-order valence-electron chi connectivity index (χ3n) is 4.55. The number of nitrogens with one attached hydrogen (secondary N) is 1. The number of rotatable bonds is 8. The summed E-state index contributed by atoms with van der Waals surface area (Å²) in [5.41, 5.74) is 2.94. The average molecular weight is 377 g/mol. The van der Waals surface area contributed by atoms with Crippen molar-refractivity contribution in [2.75, 3.05) is 18.4 Å². The van der Waals surface area contributed by atoms with E-state index in [-0.39, 0.29) is 11.7 Å². The highest BCUT2D eigenvalue weighted by Crippen LogP contribution is 2.13. The molecule has 0 aliphatic carbocycles. The molecule has 5 heteroatoms. The predicted octanol–water partition coefficient (Wildman–Crippen LogP) is 4.54. The Morgan fingerprint density at radius 1 is 1.07 bits per heavy atom. The van der Waals surface area contributed by atoms with Gasteiger partial charge in [-0.3, -0.25) is 9.78 Å². The van der Waals surface area contributed by atoms with Crippen molar-refractivity contribution >= 4 is 11.6 Å². The molecule has 0 radical (unpaired) electrons. The Balaban J connectivity index is 1.62. The molecular weight excluding hydrogens is 353 g/mol. The van der Waals surface area contributed by atoms with Crippen LogP contribution in [-0.2, 0) is 13.0 Å². The lowest BCUT2D eigenvalue weighted by molar-refractivity contribution is 0.0746. The molecule has 0 unspecified atom stereocenters. The molecule has 28 heavy (non-hydrogen) atoms. The third-order valence-corrected chi connectivity index (χ3v) is 4.55. The molecule has 3 rings (SSSR count). The minimum Gasteiger partial charge on any atom is -0.385 e. The Morgan fingerprint density at radius 3 is 2.57 bits per heavy atom. The lowest BCUT2D eigenvalue weighted by Gasteiger charge is -2.21. The molecule has 1 heterocycles. The number of benzene rings is 2. The van der Waals surface area contributed by atoms with Gasteiger partial charge in [0.1, 0.15) is 11.5 Å². The first-order valence-electron chi connectivity index (χ1n) is 9.44. The summed E-state index contributed by atoms with van der Waals surface area (Å²) in [5, 5.41) is 3.24. The highest BCUT2D eigenvalue weighted by atomic mass is 19.1. The van der Waals surface area contributed by atoms with E-state index in [9.17, 15) is 9.18 Å². The number of pyridine rings is 1. The van der Waals surface area contributed by atoms with E-state index >= 15 is 0 Å². The summed E-state index contributed by atoms with van der Waals surface area (Å²) in [4.78, 5) is 18.9. The summed E-state index contributed by atoms with van der Waals surface area (Å²) in [6.45, 7) is 3.67. The summed E-state index contributed by atoms with van der Waals surface area (Å²) in [7, 11) is 0. The second kappa shape index (κ2) is 9.65. The van der Waals surface area contributed by atoms with Crippen molar-refractivity contribution in [1.82, 2.24) is 9.88 Å². The zero-order chi connectivity index (χ0) is 19.8. The molecule has 0 bridgehead atoms. The van der Waals surface area contributed by atoms with Gasteiger partial charge in [-0.15, -0.1) is 0 Å². The number of hydrogen-bond donors (Lipinski definition) is 1. The smallest absolute Gasteiger partial charge is 0.272 e. The van der Waals surface area contributed by atoms with Gasteiger partial charge < -0.3 is 10.2 Å². The molecule has 0 saturated heterocycles. The lowest BCUT2D eigenvalue weighted by Crippen LogP contribution is -2.31. The van der Waals surface area contributed by atoms with Crippen molar-refractivity contribution < 1.29 is 9.18 Å². The van der Waals surface area contributed by atoms with Gasteiger partial charge in [0.15, 0.2) is 0 Å². The maximum absolute atomic E-state index is 13.7. The molecule has 0 fully saturated rings. The second-order valence-corrected chi connectivity index (χ2v) is 6.50. The van der Waals surface area contributed by atoms with Crippen molar-refractivity contribution in [1.29, 1.82) is 0 Å². The summed E-state index contributed by atoms with van der Waals surface area (Å²) in [6.07, 6.45) is 2.18. The van der Waals surface area contributed by atoms with Gasteiger partial charge in [0, 0.05) is 31.5 Å². The number of anilines is 1. The highest BCUT2D eigenvalue weighted by Gasteiger charge is 2.16. The first kappa shape index (κ1) is 19.5. The Kier molecular flexibility index (Phi) is 6.73. The maximum atomic E-state index is 13.7. The van der Waals surface area contributed by atoms with Crippen molar-refractivity contribution in [2.24, 2.45) is 0 Å². The van der Waals surface area contributed by atoms with Gasteiger partial charge in [-0.2, -0.15) is 0 Å². The fourth-order valence-corrected chi connectivity index (χ4v) is 2.99. The number of amides is 1. The van der Waals surface area contributed by atoms with Crippen LogP contribution in [0.2, 0.25) is 0 Å². The third kappa shape index (κ3) is 5.16. The fraction of sp³-hybridized carbons (Fsp3) is 0.217. The number of nitrogens with zero attached hydrogens (tertiary/aromatic N) is 2. The molecule has 0 atom stereocenters. The minimum absolute atomic E-state index is 0.107. The van der Waals surface area contributed by atoms with E-state index in [1.165, 1.54) is 6.07 Å². The van der Waals surface area contributed by atoms with E-state index in [1.54, 1.807) is 29.3 Å². The van der Waals surface area contributed by atoms with E-state index in [0.717, 1.165) is 11.3 Å². The van der Waals surface area contributed by atoms with Crippen LogP contribution in [0.1, 0.15) is 28.5 Å². The molecule has 2 aromatic carbocycles. The van der Waals surface area contributed by atoms with E-state index in [1.807, 2.05) is 49.4 Å². The monoisotopic (exact) mass is 377 g/mol. The van der Waals surface area contributed by atoms with Gasteiger partial charge in [-0.1, -0.05) is 48.5 Å². The molecule has 1 amide bonds. The largest absolute Gasteiger partial charge is 0.385 e.